The lowest BCUT2D eigenvalue weighted by Crippen LogP contribution is -2.10. The van der Waals surface area contributed by atoms with Gasteiger partial charge in [-0.2, -0.15) is 12.6 Å². The maximum Gasteiger partial charge on any atom is 0.306 e. The van der Waals surface area contributed by atoms with Crippen LogP contribution < -0.4 is 0 Å². The molecule has 0 saturated carbocycles. The van der Waals surface area contributed by atoms with E-state index < -0.39 is 0 Å². The second-order valence-electron chi connectivity index (χ2n) is 3.55. The third-order valence-corrected chi connectivity index (χ3v) is 2.60. The molecule has 0 heterocycles. The zero-order valence-electron chi connectivity index (χ0n) is 9.29. The fourth-order valence-corrected chi connectivity index (χ4v) is 1.65. The van der Waals surface area contributed by atoms with E-state index in [2.05, 4.69) is 26.5 Å². The summed E-state index contributed by atoms with van der Waals surface area (Å²) in [5.41, 5.74) is 0. The van der Waals surface area contributed by atoms with Gasteiger partial charge in [-0.05, 0) is 12.3 Å². The third kappa shape index (κ3) is 7.25. The van der Waals surface area contributed by atoms with E-state index in [1.165, 1.54) is 19.3 Å². The van der Waals surface area contributed by atoms with E-state index in [0.717, 1.165) is 6.42 Å². The van der Waals surface area contributed by atoms with Crippen LogP contribution in [0.2, 0.25) is 0 Å². The van der Waals surface area contributed by atoms with Crippen LogP contribution in [0.15, 0.2) is 0 Å². The van der Waals surface area contributed by atoms with E-state index in [1.807, 2.05) is 0 Å². The van der Waals surface area contributed by atoms with Crippen molar-refractivity contribution in [1.82, 2.24) is 0 Å². The highest BCUT2D eigenvalue weighted by Crippen LogP contribution is 2.14. The summed E-state index contributed by atoms with van der Waals surface area (Å²) in [7, 11) is 0. The number of carbonyl (C=O) groups excluding carboxylic acids is 1. The Hall–Kier alpha value is -0.180. The highest BCUT2D eigenvalue weighted by molar-refractivity contribution is 7.80. The van der Waals surface area contributed by atoms with Gasteiger partial charge >= 0.3 is 5.97 Å². The zero-order valence-corrected chi connectivity index (χ0v) is 10.2. The van der Waals surface area contributed by atoms with Gasteiger partial charge in [-0.3, -0.25) is 4.79 Å². The van der Waals surface area contributed by atoms with Gasteiger partial charge in [0.2, 0.25) is 0 Å². The lowest BCUT2D eigenvalue weighted by Gasteiger charge is -2.13. The molecular formula is C11H22O2S. The molecule has 0 saturated heterocycles. The van der Waals surface area contributed by atoms with Gasteiger partial charge in [-0.15, -0.1) is 0 Å². The molecule has 0 fully saturated rings. The van der Waals surface area contributed by atoms with Crippen molar-refractivity contribution in [3.8, 4) is 0 Å². The Morgan fingerprint density at radius 2 is 2.07 bits per heavy atom. The molecule has 0 aromatic carbocycles. The summed E-state index contributed by atoms with van der Waals surface area (Å²) < 4.78 is 5.07. The minimum atomic E-state index is -0.119. The quantitative estimate of drug-likeness (QED) is 0.500. The molecule has 84 valence electrons. The molecule has 0 aliphatic heterocycles. The Kier molecular flexibility index (Phi) is 9.26. The molecule has 0 aliphatic rings. The summed E-state index contributed by atoms with van der Waals surface area (Å²) in [5, 5.41) is 0. The fourth-order valence-electron chi connectivity index (χ4n) is 1.46. The van der Waals surface area contributed by atoms with Crippen molar-refractivity contribution in [2.45, 2.75) is 46.0 Å². The summed E-state index contributed by atoms with van der Waals surface area (Å²) in [6, 6.07) is 0. The lowest BCUT2D eigenvalue weighted by molar-refractivity contribution is -0.143. The summed E-state index contributed by atoms with van der Waals surface area (Å²) in [4.78, 5) is 11.0. The van der Waals surface area contributed by atoms with Gasteiger partial charge in [0.15, 0.2) is 0 Å². The minimum Gasteiger partial charge on any atom is -0.466 e. The Morgan fingerprint density at radius 1 is 1.36 bits per heavy atom. The van der Waals surface area contributed by atoms with Crippen LogP contribution in [0, 0.1) is 5.92 Å². The first-order chi connectivity index (χ1) is 6.74. The van der Waals surface area contributed by atoms with E-state index >= 15 is 0 Å². The van der Waals surface area contributed by atoms with Crippen molar-refractivity contribution in [3.05, 3.63) is 0 Å². The normalized spacial score (nSPS) is 12.5. The number of hydrogen-bond acceptors (Lipinski definition) is 3. The highest BCUT2D eigenvalue weighted by atomic mass is 32.1. The standard InChI is InChI=1S/C11H22O2S/c1-3-5-10(4-2)6-8-13-11(12)7-9-14/h10,14H,3-9H2,1-2H3. The molecule has 3 heteroatoms. The molecule has 2 nitrogen and oxygen atoms in total. The molecule has 0 rings (SSSR count). The summed E-state index contributed by atoms with van der Waals surface area (Å²) >= 11 is 3.97. The smallest absolute Gasteiger partial charge is 0.306 e. The third-order valence-electron chi connectivity index (χ3n) is 2.38. The Labute approximate surface area is 92.8 Å². The molecule has 0 bridgehead atoms. The molecule has 0 radical (unpaired) electrons. The molecule has 0 N–H and O–H groups in total. The number of hydrogen-bond donors (Lipinski definition) is 1. The molecule has 0 aliphatic carbocycles. The van der Waals surface area contributed by atoms with Crippen LogP contribution in [0.25, 0.3) is 0 Å². The fraction of sp³-hybridized carbons (Fsp3) is 0.909. The van der Waals surface area contributed by atoms with E-state index in [9.17, 15) is 4.79 Å². The number of carbonyl (C=O) groups is 1. The highest BCUT2D eigenvalue weighted by Gasteiger charge is 2.06. The van der Waals surface area contributed by atoms with Crippen molar-refractivity contribution in [2.75, 3.05) is 12.4 Å². The van der Waals surface area contributed by atoms with Crippen molar-refractivity contribution in [1.29, 1.82) is 0 Å². The second kappa shape index (κ2) is 9.38. The molecule has 14 heavy (non-hydrogen) atoms. The van der Waals surface area contributed by atoms with Crippen LogP contribution in [-0.2, 0) is 9.53 Å². The largest absolute Gasteiger partial charge is 0.466 e. The van der Waals surface area contributed by atoms with Gasteiger partial charge in [0.25, 0.3) is 0 Å². The number of esters is 1. The summed E-state index contributed by atoms with van der Waals surface area (Å²) in [6.45, 7) is 4.95. The van der Waals surface area contributed by atoms with Crippen LogP contribution in [0.5, 0.6) is 0 Å². The molecular weight excluding hydrogens is 196 g/mol. The van der Waals surface area contributed by atoms with Crippen LogP contribution in [0.4, 0.5) is 0 Å². The van der Waals surface area contributed by atoms with Gasteiger partial charge < -0.3 is 4.74 Å². The van der Waals surface area contributed by atoms with Crippen molar-refractivity contribution in [3.63, 3.8) is 0 Å². The number of rotatable bonds is 8. The van der Waals surface area contributed by atoms with Gasteiger partial charge in [0.1, 0.15) is 0 Å². The van der Waals surface area contributed by atoms with Crippen LogP contribution >= 0.6 is 12.6 Å². The topological polar surface area (TPSA) is 26.3 Å². The lowest BCUT2D eigenvalue weighted by atomic mass is 9.98. The van der Waals surface area contributed by atoms with E-state index in [-0.39, 0.29) is 5.97 Å². The van der Waals surface area contributed by atoms with E-state index in [0.29, 0.717) is 24.7 Å². The first-order valence-corrected chi connectivity index (χ1v) is 6.14. The van der Waals surface area contributed by atoms with Crippen LogP contribution in [0.1, 0.15) is 46.0 Å². The van der Waals surface area contributed by atoms with Gasteiger partial charge in [0.05, 0.1) is 13.0 Å². The maximum absolute atomic E-state index is 11.0. The molecule has 0 spiro atoms. The summed E-state index contributed by atoms with van der Waals surface area (Å²) in [6.07, 6.45) is 5.05. The first-order valence-electron chi connectivity index (χ1n) is 5.51. The Morgan fingerprint density at radius 3 is 2.57 bits per heavy atom. The monoisotopic (exact) mass is 218 g/mol. The van der Waals surface area contributed by atoms with Crippen molar-refractivity contribution >= 4 is 18.6 Å². The van der Waals surface area contributed by atoms with Crippen molar-refractivity contribution in [2.24, 2.45) is 5.92 Å². The Balaban J connectivity index is 3.45. The molecule has 1 atom stereocenters. The first kappa shape index (κ1) is 13.8. The summed E-state index contributed by atoms with van der Waals surface area (Å²) in [5.74, 6) is 1.17. The second-order valence-corrected chi connectivity index (χ2v) is 3.99. The van der Waals surface area contributed by atoms with Gasteiger partial charge in [-0.25, -0.2) is 0 Å². The predicted octanol–water partition coefficient (Wildman–Crippen LogP) is 3.07. The molecule has 0 amide bonds. The SMILES string of the molecule is CCCC(CC)CCOC(=O)CCS. The average molecular weight is 218 g/mol. The van der Waals surface area contributed by atoms with Gasteiger partial charge in [-0.1, -0.05) is 33.1 Å². The van der Waals surface area contributed by atoms with E-state index in [4.69, 9.17) is 4.74 Å². The van der Waals surface area contributed by atoms with Gasteiger partial charge in [0, 0.05) is 5.75 Å². The van der Waals surface area contributed by atoms with E-state index in [1.54, 1.807) is 0 Å². The van der Waals surface area contributed by atoms with Crippen LogP contribution in [0.3, 0.4) is 0 Å². The maximum atomic E-state index is 11.0. The van der Waals surface area contributed by atoms with Crippen LogP contribution in [-0.4, -0.2) is 18.3 Å². The average Bonchev–Trinajstić information content (AvgIpc) is 2.17. The zero-order chi connectivity index (χ0) is 10.8. The van der Waals surface area contributed by atoms with Crippen molar-refractivity contribution < 1.29 is 9.53 Å². The minimum absolute atomic E-state index is 0.119. The predicted molar refractivity (Wildman–Crippen MR) is 62.7 cm³/mol. The molecule has 0 aromatic rings. The number of ether oxygens (including phenoxy) is 1. The Bertz CT molecular complexity index is 148. The number of thiol groups is 1. The molecule has 1 unspecified atom stereocenters. The molecule has 0 aromatic heterocycles.